The number of hydrogen-bond acceptors (Lipinski definition) is 5. The first kappa shape index (κ1) is 31.6. The van der Waals surface area contributed by atoms with Crippen LogP contribution in [0.5, 0.6) is 17.2 Å². The number of benzene rings is 4. The number of rotatable bonds is 12. The van der Waals surface area contributed by atoms with Gasteiger partial charge in [0.15, 0.2) is 11.6 Å². The topological polar surface area (TPSA) is 81.7 Å². The van der Waals surface area contributed by atoms with Crippen molar-refractivity contribution in [1.82, 2.24) is 5.32 Å². The average molecular weight is 612 g/mol. The number of hydrogen-bond donors (Lipinski definition) is 1. The van der Waals surface area contributed by atoms with E-state index in [2.05, 4.69) is 5.32 Å². The number of halogens is 2. The Labute approximate surface area is 261 Å². The first-order valence-corrected chi connectivity index (χ1v) is 15.1. The molecule has 5 rings (SSSR count). The van der Waals surface area contributed by atoms with Gasteiger partial charge in [0.05, 0.1) is 18.6 Å². The highest BCUT2D eigenvalue weighted by atomic mass is 19.2. The van der Waals surface area contributed by atoms with Crippen molar-refractivity contribution in [2.75, 3.05) is 7.11 Å². The van der Waals surface area contributed by atoms with Crippen molar-refractivity contribution in [3.63, 3.8) is 0 Å². The lowest BCUT2D eigenvalue weighted by Crippen LogP contribution is -2.31. The molecule has 232 valence electrons. The normalized spacial score (nSPS) is 16.7. The molecule has 4 aromatic carbocycles. The van der Waals surface area contributed by atoms with E-state index in [1.54, 1.807) is 36.4 Å². The fourth-order valence-corrected chi connectivity index (χ4v) is 5.93. The molecule has 8 heteroatoms. The molecule has 0 bridgehead atoms. The van der Waals surface area contributed by atoms with Gasteiger partial charge in [-0.1, -0.05) is 55.5 Å². The third-order valence-electron chi connectivity index (χ3n) is 8.37. The fraction of sp³-hybridized carbons (Fsp3) is 0.270. The van der Waals surface area contributed by atoms with Crippen LogP contribution in [0.2, 0.25) is 0 Å². The molecule has 0 aromatic heterocycles. The molecule has 45 heavy (non-hydrogen) atoms. The molecule has 1 saturated carbocycles. The van der Waals surface area contributed by atoms with E-state index < -0.39 is 17.6 Å². The van der Waals surface area contributed by atoms with E-state index in [-0.39, 0.29) is 41.6 Å². The van der Waals surface area contributed by atoms with Gasteiger partial charge < -0.3 is 14.8 Å². The minimum atomic E-state index is -0.997. The standard InChI is InChI=1S/C37H35F2NO5/c1-3-25(36(42)35-29(15-17-33(35)41)26-7-5-4-6-8-26)19-24-11-18-34(44-2)30(20-24)37(43)40-22-23-9-12-27(13-10-23)45-28-14-16-31(38)32(39)21-28/h4-14,16,18,20-21,25,29,35H,3,15,17,19,22H2,1-2H3,(H,40,43)/t25-,29?,35?/m0/s1. The molecule has 0 radical (unpaired) electrons. The number of carbonyl (C=O) groups is 3. The first-order valence-electron chi connectivity index (χ1n) is 15.1. The van der Waals surface area contributed by atoms with E-state index in [0.29, 0.717) is 42.7 Å². The second kappa shape index (κ2) is 14.3. The first-order chi connectivity index (χ1) is 21.8. The van der Waals surface area contributed by atoms with Crippen molar-refractivity contribution in [2.45, 2.75) is 45.1 Å². The zero-order valence-electron chi connectivity index (χ0n) is 25.2. The summed E-state index contributed by atoms with van der Waals surface area (Å²) in [6.45, 7) is 2.17. The van der Waals surface area contributed by atoms with Crippen LogP contribution in [0.3, 0.4) is 0 Å². The third-order valence-corrected chi connectivity index (χ3v) is 8.37. The minimum Gasteiger partial charge on any atom is -0.496 e. The molecule has 0 saturated heterocycles. The molecule has 1 amide bonds. The number of nitrogens with one attached hydrogen (secondary N) is 1. The number of methoxy groups -OCH3 is 1. The highest BCUT2D eigenvalue weighted by Crippen LogP contribution is 2.40. The van der Waals surface area contributed by atoms with Crippen molar-refractivity contribution in [3.05, 3.63) is 125 Å². The second-order valence-corrected chi connectivity index (χ2v) is 11.3. The van der Waals surface area contributed by atoms with Crippen molar-refractivity contribution < 1.29 is 32.6 Å². The summed E-state index contributed by atoms with van der Waals surface area (Å²) in [5, 5.41) is 2.90. The monoisotopic (exact) mass is 611 g/mol. The summed E-state index contributed by atoms with van der Waals surface area (Å²) < 4.78 is 37.7. The molecule has 1 aliphatic rings. The lowest BCUT2D eigenvalue weighted by molar-refractivity contribution is -0.134. The van der Waals surface area contributed by atoms with Crippen LogP contribution in [0.25, 0.3) is 0 Å². The lowest BCUT2D eigenvalue weighted by Gasteiger charge is -2.23. The Morgan fingerprint density at radius 3 is 2.29 bits per heavy atom. The Hall–Kier alpha value is -4.85. The van der Waals surface area contributed by atoms with E-state index in [1.165, 1.54) is 13.2 Å². The molecular formula is C37H35F2NO5. The van der Waals surface area contributed by atoms with Gasteiger partial charge in [-0.25, -0.2) is 8.78 Å². The van der Waals surface area contributed by atoms with Crippen LogP contribution in [0.1, 0.15) is 59.2 Å². The molecule has 3 atom stereocenters. The van der Waals surface area contributed by atoms with Crippen molar-refractivity contribution in [2.24, 2.45) is 11.8 Å². The van der Waals surface area contributed by atoms with Gasteiger partial charge >= 0.3 is 0 Å². The zero-order chi connectivity index (χ0) is 31.9. The van der Waals surface area contributed by atoms with E-state index in [9.17, 15) is 23.2 Å². The molecule has 0 aliphatic heterocycles. The zero-order valence-corrected chi connectivity index (χ0v) is 25.2. The summed E-state index contributed by atoms with van der Waals surface area (Å²) in [5.41, 5.74) is 2.96. The van der Waals surface area contributed by atoms with Crippen molar-refractivity contribution >= 4 is 17.5 Å². The van der Waals surface area contributed by atoms with Crippen LogP contribution in [0, 0.1) is 23.5 Å². The Balaban J connectivity index is 1.24. The smallest absolute Gasteiger partial charge is 0.255 e. The van der Waals surface area contributed by atoms with Crippen molar-refractivity contribution in [3.8, 4) is 17.2 Å². The van der Waals surface area contributed by atoms with Crippen LogP contribution >= 0.6 is 0 Å². The minimum absolute atomic E-state index is 0.00560. The van der Waals surface area contributed by atoms with Crippen LogP contribution in [0.15, 0.2) is 91.0 Å². The van der Waals surface area contributed by atoms with Gasteiger partial charge in [0.2, 0.25) is 0 Å². The van der Waals surface area contributed by atoms with E-state index in [1.807, 2.05) is 43.3 Å². The molecule has 1 aliphatic carbocycles. The summed E-state index contributed by atoms with van der Waals surface area (Å²) in [6.07, 6.45) is 2.06. The predicted octanol–water partition coefficient (Wildman–Crippen LogP) is 7.60. The number of ether oxygens (including phenoxy) is 2. The molecule has 6 nitrogen and oxygen atoms in total. The van der Waals surface area contributed by atoms with Gasteiger partial charge in [-0.3, -0.25) is 14.4 Å². The van der Waals surface area contributed by atoms with E-state index in [4.69, 9.17) is 9.47 Å². The Morgan fingerprint density at radius 1 is 0.889 bits per heavy atom. The quantitative estimate of drug-likeness (QED) is 0.167. The number of amides is 1. The summed E-state index contributed by atoms with van der Waals surface area (Å²) in [4.78, 5) is 39.9. The largest absolute Gasteiger partial charge is 0.496 e. The summed E-state index contributed by atoms with van der Waals surface area (Å²) in [5.74, 6) is -2.43. The second-order valence-electron chi connectivity index (χ2n) is 11.3. The van der Waals surface area contributed by atoms with Crippen LogP contribution in [-0.2, 0) is 22.6 Å². The predicted molar refractivity (Wildman–Crippen MR) is 166 cm³/mol. The molecule has 0 spiro atoms. The van der Waals surface area contributed by atoms with Crippen molar-refractivity contribution in [1.29, 1.82) is 0 Å². The van der Waals surface area contributed by atoms with Gasteiger partial charge in [0.25, 0.3) is 5.91 Å². The maximum absolute atomic E-state index is 13.8. The maximum Gasteiger partial charge on any atom is 0.255 e. The Kier molecular flexibility index (Phi) is 10.0. The summed E-state index contributed by atoms with van der Waals surface area (Å²) in [7, 11) is 1.49. The molecule has 2 unspecified atom stereocenters. The van der Waals surface area contributed by atoms with Gasteiger partial charge in [-0.2, -0.15) is 0 Å². The summed E-state index contributed by atoms with van der Waals surface area (Å²) in [6, 6.07) is 25.2. The number of ketones is 2. The number of Topliss-reactive ketones (excluding diaryl/α,β-unsaturated/α-hetero) is 2. The highest BCUT2D eigenvalue weighted by Gasteiger charge is 2.42. The molecule has 1 fully saturated rings. The fourth-order valence-electron chi connectivity index (χ4n) is 5.93. The van der Waals surface area contributed by atoms with Crippen LogP contribution in [0.4, 0.5) is 8.78 Å². The van der Waals surface area contributed by atoms with E-state index in [0.717, 1.165) is 28.8 Å². The Bertz CT molecular complexity index is 1670. The Morgan fingerprint density at radius 2 is 1.60 bits per heavy atom. The van der Waals surface area contributed by atoms with Gasteiger partial charge in [-0.15, -0.1) is 0 Å². The maximum atomic E-state index is 13.8. The summed E-state index contributed by atoms with van der Waals surface area (Å²) >= 11 is 0. The molecular weight excluding hydrogens is 576 g/mol. The van der Waals surface area contributed by atoms with Crippen LogP contribution < -0.4 is 14.8 Å². The third kappa shape index (κ3) is 7.45. The SMILES string of the molecule is CC[C@@H](Cc1ccc(OC)c(C(=O)NCc2ccc(Oc3ccc(F)c(F)c3)cc2)c1)C(=O)C1C(=O)CCC1c1ccccc1. The van der Waals surface area contributed by atoms with E-state index >= 15 is 0 Å². The average Bonchev–Trinajstić information content (AvgIpc) is 3.46. The van der Waals surface area contributed by atoms with Crippen LogP contribution in [-0.4, -0.2) is 24.6 Å². The lowest BCUT2D eigenvalue weighted by atomic mass is 9.78. The van der Waals surface area contributed by atoms with Gasteiger partial charge in [0.1, 0.15) is 28.8 Å². The number of carbonyl (C=O) groups excluding carboxylic acids is 3. The highest BCUT2D eigenvalue weighted by molar-refractivity contribution is 6.06. The van der Waals surface area contributed by atoms with Gasteiger partial charge in [-0.05, 0) is 72.4 Å². The molecule has 0 heterocycles. The molecule has 1 N–H and O–H groups in total. The van der Waals surface area contributed by atoms with Gasteiger partial charge in [0, 0.05) is 30.9 Å². The molecule has 4 aromatic rings.